The zero-order valence-electron chi connectivity index (χ0n) is 13.5. The van der Waals surface area contributed by atoms with E-state index >= 15 is 0 Å². The number of carbonyl (C=O) groups excluding carboxylic acids is 2. The Balaban J connectivity index is 1.69. The van der Waals surface area contributed by atoms with Gasteiger partial charge in [-0.15, -0.1) is 0 Å². The Bertz CT molecular complexity index is 999. The molecule has 26 heavy (non-hydrogen) atoms. The van der Waals surface area contributed by atoms with Crippen molar-refractivity contribution in [3.8, 4) is 11.3 Å². The second-order valence-electron chi connectivity index (χ2n) is 5.40. The summed E-state index contributed by atoms with van der Waals surface area (Å²) in [6, 6.07) is 19.0. The minimum absolute atomic E-state index is 0.0965. The first-order valence-corrected chi connectivity index (χ1v) is 8.49. The number of nitrogens with one attached hydrogen (secondary N) is 3. The highest BCUT2D eigenvalue weighted by molar-refractivity contribution is 9.10. The van der Waals surface area contributed by atoms with E-state index in [0.717, 1.165) is 10.0 Å². The van der Waals surface area contributed by atoms with Crippen LogP contribution in [-0.4, -0.2) is 16.8 Å². The number of halogens is 1. The van der Waals surface area contributed by atoms with E-state index < -0.39 is 17.4 Å². The molecule has 0 unspecified atom stereocenters. The lowest BCUT2D eigenvalue weighted by molar-refractivity contribution is 0.0846. The van der Waals surface area contributed by atoms with Crippen LogP contribution in [0.1, 0.15) is 20.7 Å². The number of hydrogen-bond donors (Lipinski definition) is 3. The van der Waals surface area contributed by atoms with Gasteiger partial charge in [-0.2, -0.15) is 0 Å². The molecule has 0 atom stereocenters. The summed E-state index contributed by atoms with van der Waals surface area (Å²) in [6.45, 7) is 0. The predicted octanol–water partition coefficient (Wildman–Crippen LogP) is 2.88. The predicted molar refractivity (Wildman–Crippen MR) is 102 cm³/mol. The van der Waals surface area contributed by atoms with Crippen molar-refractivity contribution < 1.29 is 9.59 Å². The number of pyridine rings is 1. The zero-order chi connectivity index (χ0) is 18.5. The SMILES string of the molecule is O=C(NNC(=O)c1ccc(-c2ccccc2)[nH]c1=O)c1ccc(Br)cc1. The Labute approximate surface area is 157 Å². The van der Waals surface area contributed by atoms with Crippen molar-refractivity contribution in [2.45, 2.75) is 0 Å². The van der Waals surface area contributed by atoms with E-state index in [1.807, 2.05) is 30.3 Å². The van der Waals surface area contributed by atoms with Crippen molar-refractivity contribution in [1.82, 2.24) is 15.8 Å². The molecular formula is C19H14BrN3O3. The summed E-state index contributed by atoms with van der Waals surface area (Å²) in [5, 5.41) is 0. The van der Waals surface area contributed by atoms with Crippen molar-refractivity contribution in [3.63, 3.8) is 0 Å². The first-order chi connectivity index (χ1) is 12.5. The van der Waals surface area contributed by atoms with Gasteiger partial charge in [0.1, 0.15) is 5.56 Å². The Morgan fingerprint density at radius 2 is 1.46 bits per heavy atom. The van der Waals surface area contributed by atoms with Crippen molar-refractivity contribution in [2.24, 2.45) is 0 Å². The molecule has 0 aliphatic heterocycles. The lowest BCUT2D eigenvalue weighted by Crippen LogP contribution is -2.43. The largest absolute Gasteiger partial charge is 0.321 e. The Kier molecular flexibility index (Phi) is 5.28. The van der Waals surface area contributed by atoms with Gasteiger partial charge < -0.3 is 4.98 Å². The first-order valence-electron chi connectivity index (χ1n) is 7.69. The second-order valence-corrected chi connectivity index (χ2v) is 6.31. The summed E-state index contributed by atoms with van der Waals surface area (Å²) in [7, 11) is 0. The molecule has 7 heteroatoms. The Morgan fingerprint density at radius 1 is 0.808 bits per heavy atom. The number of carbonyl (C=O) groups is 2. The van der Waals surface area contributed by atoms with Gasteiger partial charge in [-0.3, -0.25) is 25.2 Å². The molecule has 0 radical (unpaired) electrons. The fraction of sp³-hybridized carbons (Fsp3) is 0. The molecule has 0 aliphatic rings. The van der Waals surface area contributed by atoms with Crippen LogP contribution in [0.4, 0.5) is 0 Å². The maximum atomic E-state index is 12.2. The number of hydrazine groups is 1. The minimum atomic E-state index is -0.698. The number of hydrogen-bond acceptors (Lipinski definition) is 3. The number of rotatable bonds is 3. The van der Waals surface area contributed by atoms with Crippen LogP contribution < -0.4 is 16.4 Å². The van der Waals surface area contributed by atoms with Crippen molar-refractivity contribution in [1.29, 1.82) is 0 Å². The van der Waals surface area contributed by atoms with Gasteiger partial charge in [-0.1, -0.05) is 46.3 Å². The van der Waals surface area contributed by atoms with Crippen LogP contribution in [0.5, 0.6) is 0 Å². The molecule has 0 fully saturated rings. The van der Waals surface area contributed by atoms with Gasteiger partial charge in [-0.25, -0.2) is 0 Å². The minimum Gasteiger partial charge on any atom is -0.321 e. The summed E-state index contributed by atoms with van der Waals surface area (Å²) in [4.78, 5) is 39.0. The molecule has 0 saturated heterocycles. The summed E-state index contributed by atoms with van der Waals surface area (Å²) < 4.78 is 0.836. The van der Waals surface area contributed by atoms with Gasteiger partial charge in [0.05, 0.1) is 0 Å². The van der Waals surface area contributed by atoms with Crippen molar-refractivity contribution >= 4 is 27.7 Å². The lowest BCUT2D eigenvalue weighted by Gasteiger charge is -2.08. The van der Waals surface area contributed by atoms with Crippen LogP contribution in [0.15, 0.2) is 76.0 Å². The van der Waals surface area contributed by atoms with E-state index in [-0.39, 0.29) is 5.56 Å². The highest BCUT2D eigenvalue weighted by atomic mass is 79.9. The van der Waals surface area contributed by atoms with Crippen LogP contribution in [0.25, 0.3) is 11.3 Å². The first kappa shape index (κ1) is 17.6. The van der Waals surface area contributed by atoms with E-state index in [1.54, 1.807) is 30.3 Å². The third-order valence-corrected chi connectivity index (χ3v) is 4.16. The molecule has 0 saturated carbocycles. The number of aromatic amines is 1. The maximum absolute atomic E-state index is 12.2. The van der Waals surface area contributed by atoms with Gasteiger partial charge in [0.25, 0.3) is 17.4 Å². The van der Waals surface area contributed by atoms with Crippen LogP contribution in [0, 0.1) is 0 Å². The molecule has 0 spiro atoms. The van der Waals surface area contributed by atoms with Gasteiger partial charge in [0.15, 0.2) is 0 Å². The van der Waals surface area contributed by atoms with Gasteiger partial charge in [0, 0.05) is 15.7 Å². The summed E-state index contributed by atoms with van der Waals surface area (Å²) >= 11 is 3.28. The van der Waals surface area contributed by atoms with E-state index in [9.17, 15) is 14.4 Å². The monoisotopic (exact) mass is 411 g/mol. The normalized spacial score (nSPS) is 10.2. The molecule has 130 valence electrons. The molecular weight excluding hydrogens is 398 g/mol. The number of amides is 2. The third kappa shape index (κ3) is 4.07. The Morgan fingerprint density at radius 3 is 2.12 bits per heavy atom. The maximum Gasteiger partial charge on any atom is 0.275 e. The molecule has 0 aliphatic carbocycles. The molecule has 3 rings (SSSR count). The van der Waals surface area contributed by atoms with Crippen molar-refractivity contribution in [3.05, 3.63) is 92.7 Å². The fourth-order valence-corrected chi connectivity index (χ4v) is 2.56. The van der Waals surface area contributed by atoms with Crippen LogP contribution >= 0.6 is 15.9 Å². The highest BCUT2D eigenvalue weighted by Crippen LogP contribution is 2.14. The van der Waals surface area contributed by atoms with E-state index in [0.29, 0.717) is 11.3 Å². The highest BCUT2D eigenvalue weighted by Gasteiger charge is 2.13. The van der Waals surface area contributed by atoms with Crippen LogP contribution in [0.3, 0.4) is 0 Å². The average Bonchev–Trinajstić information content (AvgIpc) is 2.67. The van der Waals surface area contributed by atoms with E-state index in [2.05, 4.69) is 31.8 Å². The number of aromatic nitrogens is 1. The fourth-order valence-electron chi connectivity index (χ4n) is 2.29. The summed E-state index contributed by atoms with van der Waals surface area (Å²) in [6.07, 6.45) is 0. The topological polar surface area (TPSA) is 91.1 Å². The average molecular weight is 412 g/mol. The standard InChI is InChI=1S/C19H14BrN3O3/c20-14-8-6-13(7-9-14)17(24)22-23-19(26)15-10-11-16(21-18(15)25)12-4-2-1-3-5-12/h1-11H,(H,21,25)(H,22,24)(H,23,26). The van der Waals surface area contributed by atoms with Crippen LogP contribution in [-0.2, 0) is 0 Å². The number of H-pyrrole nitrogens is 1. The van der Waals surface area contributed by atoms with Crippen LogP contribution in [0.2, 0.25) is 0 Å². The molecule has 2 aromatic carbocycles. The summed E-state index contributed by atoms with van der Waals surface area (Å²) in [5.41, 5.74) is 5.70. The molecule has 0 bridgehead atoms. The van der Waals surface area contributed by atoms with Gasteiger partial charge in [0.2, 0.25) is 0 Å². The second kappa shape index (κ2) is 7.79. The third-order valence-electron chi connectivity index (χ3n) is 3.63. The quantitative estimate of drug-likeness (QED) is 0.578. The van der Waals surface area contributed by atoms with Gasteiger partial charge >= 0.3 is 0 Å². The smallest absolute Gasteiger partial charge is 0.275 e. The summed E-state index contributed by atoms with van der Waals surface area (Å²) in [5.74, 6) is -1.18. The molecule has 6 nitrogen and oxygen atoms in total. The van der Waals surface area contributed by atoms with Crippen molar-refractivity contribution in [2.75, 3.05) is 0 Å². The molecule has 3 aromatic rings. The van der Waals surface area contributed by atoms with E-state index in [1.165, 1.54) is 6.07 Å². The van der Waals surface area contributed by atoms with Gasteiger partial charge in [-0.05, 0) is 42.0 Å². The number of benzene rings is 2. The lowest BCUT2D eigenvalue weighted by atomic mass is 10.1. The Hall–Kier alpha value is -3.19. The molecule has 1 aromatic heterocycles. The molecule has 1 heterocycles. The molecule has 3 N–H and O–H groups in total. The van der Waals surface area contributed by atoms with E-state index in [4.69, 9.17) is 0 Å². The zero-order valence-corrected chi connectivity index (χ0v) is 15.0. The molecule has 2 amide bonds.